The molecule has 0 saturated heterocycles. The van der Waals surface area contributed by atoms with E-state index in [-0.39, 0.29) is 18.8 Å². The lowest BCUT2D eigenvalue weighted by Gasteiger charge is -2.32. The number of ether oxygens (including phenoxy) is 2. The molecule has 2 atom stereocenters. The molecule has 4 heteroatoms. The molecule has 2 unspecified atom stereocenters. The molecule has 2 rings (SSSR count). The number of aliphatic hydroxyl groups is 1. The lowest BCUT2D eigenvalue weighted by molar-refractivity contribution is 0.0833. The Morgan fingerprint density at radius 3 is 3.00 bits per heavy atom. The highest BCUT2D eigenvalue weighted by molar-refractivity contribution is 5.43. The lowest BCUT2D eigenvalue weighted by atomic mass is 9.96. The van der Waals surface area contributed by atoms with Gasteiger partial charge in [0.2, 0.25) is 0 Å². The first-order chi connectivity index (χ1) is 8.78. The maximum absolute atomic E-state index is 9.28. The molecular formula is C14H21NO3. The molecule has 0 aliphatic carbocycles. The minimum Gasteiger partial charge on any atom is -0.497 e. The minimum absolute atomic E-state index is 0.0514. The number of aliphatic hydroxyl groups excluding tert-OH is 1. The van der Waals surface area contributed by atoms with Crippen LogP contribution in [0.5, 0.6) is 11.5 Å². The van der Waals surface area contributed by atoms with E-state index in [0.717, 1.165) is 36.4 Å². The van der Waals surface area contributed by atoms with E-state index in [1.54, 1.807) is 7.11 Å². The van der Waals surface area contributed by atoms with Gasteiger partial charge in [0, 0.05) is 18.0 Å². The van der Waals surface area contributed by atoms with Crippen molar-refractivity contribution in [2.45, 2.75) is 31.9 Å². The van der Waals surface area contributed by atoms with E-state index in [2.05, 4.69) is 12.2 Å². The molecule has 0 bridgehead atoms. The summed E-state index contributed by atoms with van der Waals surface area (Å²) >= 11 is 0. The van der Waals surface area contributed by atoms with Gasteiger partial charge in [-0.1, -0.05) is 6.92 Å². The zero-order valence-electron chi connectivity index (χ0n) is 11.0. The normalized spacial score (nSPS) is 22.2. The summed E-state index contributed by atoms with van der Waals surface area (Å²) in [6, 6.07) is 6.03. The fourth-order valence-corrected chi connectivity index (χ4v) is 2.27. The van der Waals surface area contributed by atoms with Crippen molar-refractivity contribution >= 4 is 0 Å². The Labute approximate surface area is 108 Å². The van der Waals surface area contributed by atoms with Crippen LogP contribution in [0.25, 0.3) is 0 Å². The van der Waals surface area contributed by atoms with Gasteiger partial charge in [-0.05, 0) is 31.2 Å². The van der Waals surface area contributed by atoms with Gasteiger partial charge in [-0.15, -0.1) is 0 Å². The van der Waals surface area contributed by atoms with Gasteiger partial charge >= 0.3 is 0 Å². The van der Waals surface area contributed by atoms with Crippen molar-refractivity contribution < 1.29 is 14.6 Å². The Morgan fingerprint density at radius 2 is 2.33 bits per heavy atom. The van der Waals surface area contributed by atoms with Crippen LogP contribution in [0.15, 0.2) is 18.2 Å². The molecule has 1 aliphatic rings. The SMILES string of the molecule is CCCNC1CC(CO)Oc2ccc(OC)cc21. The Kier molecular flexibility index (Phi) is 4.44. The van der Waals surface area contributed by atoms with Crippen LogP contribution in [0.4, 0.5) is 0 Å². The molecule has 100 valence electrons. The highest BCUT2D eigenvalue weighted by Gasteiger charge is 2.27. The number of hydrogen-bond acceptors (Lipinski definition) is 4. The van der Waals surface area contributed by atoms with E-state index in [9.17, 15) is 5.11 Å². The summed E-state index contributed by atoms with van der Waals surface area (Å²) < 4.78 is 11.0. The van der Waals surface area contributed by atoms with Crippen molar-refractivity contribution in [3.05, 3.63) is 23.8 Å². The van der Waals surface area contributed by atoms with Gasteiger partial charge in [0.05, 0.1) is 13.7 Å². The zero-order chi connectivity index (χ0) is 13.0. The van der Waals surface area contributed by atoms with E-state index in [0.29, 0.717) is 0 Å². The van der Waals surface area contributed by atoms with E-state index >= 15 is 0 Å². The van der Waals surface area contributed by atoms with Crippen LogP contribution in [0.2, 0.25) is 0 Å². The van der Waals surface area contributed by atoms with Gasteiger partial charge in [0.1, 0.15) is 17.6 Å². The summed E-state index contributed by atoms with van der Waals surface area (Å²) in [5.74, 6) is 1.68. The summed E-state index contributed by atoms with van der Waals surface area (Å²) in [6.07, 6.45) is 1.75. The molecule has 1 aliphatic heterocycles. The van der Waals surface area contributed by atoms with E-state index in [1.807, 2.05) is 18.2 Å². The second kappa shape index (κ2) is 6.07. The molecule has 0 spiro atoms. The third-order valence-corrected chi connectivity index (χ3v) is 3.23. The summed E-state index contributed by atoms with van der Waals surface area (Å²) in [6.45, 7) is 3.15. The Bertz CT molecular complexity index is 395. The standard InChI is InChI=1S/C14H21NO3/c1-3-6-15-13-8-11(9-16)18-14-5-4-10(17-2)7-12(13)14/h4-5,7,11,13,15-16H,3,6,8-9H2,1-2H3. The number of hydrogen-bond donors (Lipinski definition) is 2. The van der Waals surface area contributed by atoms with Gasteiger partial charge in [0.15, 0.2) is 0 Å². The molecule has 0 radical (unpaired) electrons. The van der Waals surface area contributed by atoms with Crippen molar-refractivity contribution in [2.24, 2.45) is 0 Å². The summed E-state index contributed by atoms with van der Waals surface area (Å²) in [5.41, 5.74) is 1.12. The highest BCUT2D eigenvalue weighted by Crippen LogP contribution is 2.36. The van der Waals surface area contributed by atoms with Crippen LogP contribution >= 0.6 is 0 Å². The predicted molar refractivity (Wildman–Crippen MR) is 70.1 cm³/mol. The molecule has 1 aromatic carbocycles. The van der Waals surface area contributed by atoms with E-state index in [1.165, 1.54) is 0 Å². The van der Waals surface area contributed by atoms with Crippen molar-refractivity contribution in [3.63, 3.8) is 0 Å². The third-order valence-electron chi connectivity index (χ3n) is 3.23. The second-order valence-corrected chi connectivity index (χ2v) is 4.57. The summed E-state index contributed by atoms with van der Waals surface area (Å²) in [5, 5.41) is 12.8. The van der Waals surface area contributed by atoms with Crippen LogP contribution in [0.1, 0.15) is 31.4 Å². The molecule has 2 N–H and O–H groups in total. The van der Waals surface area contributed by atoms with Crippen LogP contribution < -0.4 is 14.8 Å². The fourth-order valence-electron chi connectivity index (χ4n) is 2.27. The van der Waals surface area contributed by atoms with Gasteiger partial charge < -0.3 is 19.9 Å². The maximum Gasteiger partial charge on any atom is 0.124 e. The van der Waals surface area contributed by atoms with Crippen molar-refractivity contribution in [1.29, 1.82) is 0 Å². The summed E-state index contributed by atoms with van der Waals surface area (Å²) in [4.78, 5) is 0. The molecule has 4 nitrogen and oxygen atoms in total. The van der Waals surface area contributed by atoms with Crippen LogP contribution in [0, 0.1) is 0 Å². The molecular weight excluding hydrogens is 230 g/mol. The van der Waals surface area contributed by atoms with Crippen LogP contribution in [-0.4, -0.2) is 31.5 Å². The van der Waals surface area contributed by atoms with Crippen molar-refractivity contribution in [2.75, 3.05) is 20.3 Å². The monoisotopic (exact) mass is 251 g/mol. The molecule has 0 saturated carbocycles. The van der Waals surface area contributed by atoms with Crippen LogP contribution in [0.3, 0.4) is 0 Å². The smallest absolute Gasteiger partial charge is 0.124 e. The van der Waals surface area contributed by atoms with E-state index < -0.39 is 0 Å². The number of benzene rings is 1. The van der Waals surface area contributed by atoms with Crippen molar-refractivity contribution in [1.82, 2.24) is 5.32 Å². The fraction of sp³-hybridized carbons (Fsp3) is 0.571. The Morgan fingerprint density at radius 1 is 1.50 bits per heavy atom. The van der Waals surface area contributed by atoms with Gasteiger partial charge in [-0.2, -0.15) is 0 Å². The molecule has 1 heterocycles. The Balaban J connectivity index is 2.25. The number of fused-ring (bicyclic) bond motifs is 1. The largest absolute Gasteiger partial charge is 0.497 e. The lowest BCUT2D eigenvalue weighted by Crippen LogP contribution is -2.35. The van der Waals surface area contributed by atoms with Crippen molar-refractivity contribution in [3.8, 4) is 11.5 Å². The summed E-state index contributed by atoms with van der Waals surface area (Å²) in [7, 11) is 1.66. The number of methoxy groups -OCH3 is 1. The highest BCUT2D eigenvalue weighted by atomic mass is 16.5. The van der Waals surface area contributed by atoms with Gasteiger partial charge in [-0.25, -0.2) is 0 Å². The van der Waals surface area contributed by atoms with Crippen LogP contribution in [-0.2, 0) is 0 Å². The molecule has 0 aromatic heterocycles. The maximum atomic E-state index is 9.28. The number of rotatable bonds is 5. The average Bonchev–Trinajstić information content (AvgIpc) is 2.43. The predicted octanol–water partition coefficient (Wildman–Crippen LogP) is 1.88. The minimum atomic E-state index is -0.125. The second-order valence-electron chi connectivity index (χ2n) is 4.57. The molecule has 1 aromatic rings. The van der Waals surface area contributed by atoms with Gasteiger partial charge in [0.25, 0.3) is 0 Å². The molecule has 0 amide bonds. The first-order valence-electron chi connectivity index (χ1n) is 6.47. The van der Waals surface area contributed by atoms with Gasteiger partial charge in [-0.3, -0.25) is 0 Å². The topological polar surface area (TPSA) is 50.7 Å². The van der Waals surface area contributed by atoms with E-state index in [4.69, 9.17) is 9.47 Å². The quantitative estimate of drug-likeness (QED) is 0.839. The average molecular weight is 251 g/mol. The molecule has 0 fully saturated rings. The first kappa shape index (κ1) is 13.2. The molecule has 18 heavy (non-hydrogen) atoms. The Hall–Kier alpha value is -1.26. The zero-order valence-corrected chi connectivity index (χ0v) is 11.0. The first-order valence-corrected chi connectivity index (χ1v) is 6.47. The third kappa shape index (κ3) is 2.76. The number of nitrogens with one attached hydrogen (secondary N) is 1.